The summed E-state index contributed by atoms with van der Waals surface area (Å²) in [4.78, 5) is 72.2. The molecule has 13 fully saturated rings. The molecular weight excluding hydrogens is 1010 g/mol. The molecule has 0 bridgehead atoms. The van der Waals surface area contributed by atoms with E-state index in [0.29, 0.717) is 119 Å². The Morgan fingerprint density at radius 3 is 1.41 bits per heavy atom. The average Bonchev–Trinajstić information content (AvgIpc) is 1.81. The number of allylic oxidation sites excluding steroid dienone is 5. The molecule has 0 aromatic carbocycles. The van der Waals surface area contributed by atoms with Gasteiger partial charge in [0.25, 0.3) is 0 Å². The molecule has 0 N–H and O–H groups in total. The summed E-state index contributed by atoms with van der Waals surface area (Å²) >= 11 is 0. The Balaban J connectivity index is 0.0000000969. The fourth-order valence-corrected chi connectivity index (χ4v) is 25.8. The molecule has 19 rings (SSSR count). The highest BCUT2D eigenvalue weighted by atomic mass is 16.6. The molecule has 16 aliphatic carbocycles. The summed E-state index contributed by atoms with van der Waals surface area (Å²) in [6.45, 7) is 15.8. The van der Waals surface area contributed by atoms with Crippen molar-refractivity contribution in [2.24, 2.45) is 141 Å². The molecule has 26 atom stereocenters. The van der Waals surface area contributed by atoms with Gasteiger partial charge in [0.2, 0.25) is 0 Å². The second kappa shape index (κ2) is 16.8. The Bertz CT molecular complexity index is 3140. The van der Waals surface area contributed by atoms with Crippen LogP contribution in [0, 0.1) is 141 Å². The molecule has 13 saturated carbocycles. The summed E-state index contributed by atoms with van der Waals surface area (Å²) in [5, 5.41) is 0. The van der Waals surface area contributed by atoms with Gasteiger partial charge in [0, 0.05) is 71.5 Å². The number of carbonyl (C=O) groups excluding carboxylic acids is 6. The van der Waals surface area contributed by atoms with Gasteiger partial charge < -0.3 is 14.2 Å². The third-order valence-corrected chi connectivity index (χ3v) is 28.8. The van der Waals surface area contributed by atoms with Crippen LogP contribution in [0.3, 0.4) is 0 Å². The smallest absolute Gasteiger partial charge is 0.331 e. The van der Waals surface area contributed by atoms with Crippen LogP contribution >= 0.6 is 0 Å². The largest absolute Gasteiger partial charge is 0.451 e. The maximum absolute atomic E-state index is 12.1. The number of ketones is 3. The Morgan fingerprint density at radius 1 is 0.469 bits per heavy atom. The third kappa shape index (κ3) is 6.62. The fourth-order valence-electron chi connectivity index (χ4n) is 25.8. The van der Waals surface area contributed by atoms with Gasteiger partial charge in [0.05, 0.1) is 0 Å². The number of carbonyl (C=O) groups is 6. The second-order valence-corrected chi connectivity index (χ2v) is 31.4. The Morgan fingerprint density at radius 2 is 0.914 bits per heavy atom. The molecule has 9 nitrogen and oxygen atoms in total. The molecule has 81 heavy (non-hydrogen) atoms. The quantitative estimate of drug-likeness (QED) is 0.151. The zero-order valence-electron chi connectivity index (χ0n) is 48.1. The monoisotopic (exact) mass is 1090 g/mol. The second-order valence-electron chi connectivity index (χ2n) is 31.4. The Kier molecular flexibility index (Phi) is 10.6. The minimum atomic E-state index is -0.352. The van der Waals surface area contributed by atoms with Crippen molar-refractivity contribution in [1.82, 2.24) is 0 Å². The molecule has 9 heteroatoms. The minimum Gasteiger partial charge on any atom is -0.451 e. The van der Waals surface area contributed by atoms with E-state index >= 15 is 0 Å². The van der Waals surface area contributed by atoms with E-state index < -0.39 is 0 Å². The average molecular weight is 1090 g/mol. The van der Waals surface area contributed by atoms with Crippen LogP contribution in [-0.4, -0.2) is 52.1 Å². The molecule has 0 amide bonds. The van der Waals surface area contributed by atoms with Crippen molar-refractivity contribution < 1.29 is 43.0 Å². The summed E-state index contributed by atoms with van der Waals surface area (Å²) in [7, 11) is 0. The number of hydrogen-bond donors (Lipinski definition) is 0. The molecule has 0 aromatic rings. The van der Waals surface area contributed by atoms with E-state index in [2.05, 4.69) is 58.2 Å². The standard InChI is InChI=1S/C25H30O3.C24H28O3.C23H26O3/c1-24-8-6-17-16-5-4-15(26)10-14(16)11-18(13-2-3-13)22(17)23(24)19-12-20(19)25(24)9-7-21(27)28-25;1-3-13-10-14-11-15(25)4-5-16(14)17-6-8-23(2)22(21(13)17)18-12-19(18)24(23)9-7-20(26)27-24;1-12-9-17-15(14-4-3-13(24)10-16(12)14)5-7-22(2)21(17)18-11-19(18)23(22)8-6-20(25)26-23/h7,9-10,13,16-20,22-23H,2-6,8,11-12H2,1H3;3,7,9,11,13,16-19,21-22H,1,4-6,8,10,12H2,2H3;6,8,10,14-15,17-19,21H,1,3-5,7,9,11H2,2H3/t16-,17?,18?,19?,20?,22?,23?,24-,25-;13?,16-,17?,18?,19?,21?,22?,23-,24-;14-,15?,17?,18?,19?,21?,22+,23+/m001/s1. The molecule has 3 spiro atoms. The Hall–Kier alpha value is -4.66. The molecule has 0 aromatic heterocycles. The first-order valence-corrected chi connectivity index (χ1v) is 32.7. The van der Waals surface area contributed by atoms with Crippen molar-refractivity contribution in [3.8, 4) is 0 Å². The van der Waals surface area contributed by atoms with Crippen molar-refractivity contribution in [3.05, 3.63) is 96.2 Å². The number of hydrogen-bond acceptors (Lipinski definition) is 9. The zero-order chi connectivity index (χ0) is 55.2. The van der Waals surface area contributed by atoms with E-state index in [-0.39, 0.29) is 56.7 Å². The molecule has 3 heterocycles. The highest BCUT2D eigenvalue weighted by Crippen LogP contribution is 2.81. The van der Waals surface area contributed by atoms with Crippen LogP contribution in [-0.2, 0) is 43.0 Å². The maximum atomic E-state index is 12.1. The van der Waals surface area contributed by atoms with E-state index in [1.54, 1.807) is 18.2 Å². The first-order valence-electron chi connectivity index (χ1n) is 32.7. The zero-order valence-corrected chi connectivity index (χ0v) is 48.1. The third-order valence-electron chi connectivity index (χ3n) is 28.8. The Labute approximate surface area is 478 Å². The van der Waals surface area contributed by atoms with E-state index in [4.69, 9.17) is 14.2 Å². The van der Waals surface area contributed by atoms with Gasteiger partial charge in [-0.1, -0.05) is 50.1 Å². The van der Waals surface area contributed by atoms with Gasteiger partial charge in [0.1, 0.15) is 16.8 Å². The van der Waals surface area contributed by atoms with E-state index in [9.17, 15) is 28.8 Å². The van der Waals surface area contributed by atoms with Crippen molar-refractivity contribution in [2.75, 3.05) is 0 Å². The van der Waals surface area contributed by atoms with Gasteiger partial charge in [-0.2, -0.15) is 0 Å². The van der Waals surface area contributed by atoms with Gasteiger partial charge in [-0.3, -0.25) is 14.4 Å². The van der Waals surface area contributed by atoms with E-state index in [0.717, 1.165) is 81.0 Å². The topological polar surface area (TPSA) is 130 Å². The fraction of sp³-hybridized carbons (Fsp3) is 0.694. The molecule has 0 radical (unpaired) electrons. The lowest BCUT2D eigenvalue weighted by Gasteiger charge is -2.59. The van der Waals surface area contributed by atoms with E-state index in [1.165, 1.54) is 86.5 Å². The minimum absolute atomic E-state index is 0.0530. The molecule has 0 saturated heterocycles. The van der Waals surface area contributed by atoms with Crippen LogP contribution in [0.1, 0.15) is 149 Å². The summed E-state index contributed by atoms with van der Waals surface area (Å²) in [6.07, 6.45) is 41.5. The summed E-state index contributed by atoms with van der Waals surface area (Å²) < 4.78 is 18.3. The lowest BCUT2D eigenvalue weighted by Crippen LogP contribution is -2.56. The molecule has 17 unspecified atom stereocenters. The van der Waals surface area contributed by atoms with Gasteiger partial charge in [-0.15, -0.1) is 6.58 Å². The first-order chi connectivity index (χ1) is 38.9. The predicted molar refractivity (Wildman–Crippen MR) is 302 cm³/mol. The number of fused-ring (bicyclic) bond motifs is 27. The van der Waals surface area contributed by atoms with E-state index in [1.807, 2.05) is 18.2 Å². The van der Waals surface area contributed by atoms with Crippen LogP contribution in [0.25, 0.3) is 0 Å². The van der Waals surface area contributed by atoms with Crippen molar-refractivity contribution in [1.29, 1.82) is 0 Å². The van der Waals surface area contributed by atoms with Crippen LogP contribution in [0.4, 0.5) is 0 Å². The van der Waals surface area contributed by atoms with Gasteiger partial charge in [0.15, 0.2) is 17.3 Å². The summed E-state index contributed by atoms with van der Waals surface area (Å²) in [5.74, 6) is 14.2. The van der Waals surface area contributed by atoms with Gasteiger partial charge in [-0.25, -0.2) is 14.4 Å². The molecular formula is C72H84O9. The lowest BCUT2D eigenvalue weighted by molar-refractivity contribution is -0.171. The van der Waals surface area contributed by atoms with Crippen LogP contribution in [0.15, 0.2) is 96.2 Å². The normalized spacial score (nSPS) is 54.7. The van der Waals surface area contributed by atoms with Gasteiger partial charge in [-0.05, 0) is 258 Å². The maximum Gasteiger partial charge on any atom is 0.331 e. The van der Waals surface area contributed by atoms with Crippen LogP contribution in [0.5, 0.6) is 0 Å². The number of esters is 3. The first kappa shape index (κ1) is 50.8. The summed E-state index contributed by atoms with van der Waals surface area (Å²) in [6, 6.07) is 0. The predicted octanol–water partition coefficient (Wildman–Crippen LogP) is 12.7. The summed E-state index contributed by atoms with van der Waals surface area (Å²) in [5.41, 5.74) is 4.59. The van der Waals surface area contributed by atoms with Crippen LogP contribution < -0.4 is 0 Å². The SMILES string of the molecule is C=C1CC2C(CC[C@@]3(C)C2C2CC2[C@@]32C=CC(=O)O2)[C@H]2CCC(=O)C=C12.C=CC1CC2=CC(=O)CC[C@@H]2C2CC[C@@]3(C)C(C4CC4[C@@]34C=CC(=O)O4)C12.C[C@]12CCC3C(C(C4CC4)CC4=CC(=O)CC[C@@H]43)C1C1CC1[C@@]21C=CC(=O)O1. The van der Waals surface area contributed by atoms with Crippen molar-refractivity contribution >= 4 is 35.3 Å². The van der Waals surface area contributed by atoms with Crippen molar-refractivity contribution in [2.45, 2.75) is 166 Å². The van der Waals surface area contributed by atoms with Crippen molar-refractivity contribution in [3.63, 3.8) is 0 Å². The number of rotatable bonds is 2. The lowest BCUT2D eigenvalue weighted by atomic mass is 9.46. The number of ether oxygens (including phenoxy) is 3. The highest BCUT2D eigenvalue weighted by molar-refractivity contribution is 5.93. The molecule has 19 aliphatic rings. The molecule has 3 aliphatic heterocycles. The van der Waals surface area contributed by atoms with Crippen LogP contribution in [0.2, 0.25) is 0 Å². The van der Waals surface area contributed by atoms with Gasteiger partial charge >= 0.3 is 17.9 Å². The highest BCUT2D eigenvalue weighted by Gasteiger charge is 2.81. The molecule has 426 valence electrons.